The van der Waals surface area contributed by atoms with E-state index < -0.39 is 0 Å². The molecular formula is C9H14ClN3O. The number of nitrogens with zero attached hydrogens (tertiary/aromatic N) is 3. The quantitative estimate of drug-likeness (QED) is 0.722. The van der Waals surface area contributed by atoms with Crippen LogP contribution in [0.5, 0.6) is 0 Å². The second kappa shape index (κ2) is 3.87. The minimum absolute atomic E-state index is 0.0138. The van der Waals surface area contributed by atoms with Gasteiger partial charge in [0.25, 0.3) is 0 Å². The van der Waals surface area contributed by atoms with Gasteiger partial charge in [0.2, 0.25) is 0 Å². The fourth-order valence-corrected chi connectivity index (χ4v) is 1.72. The van der Waals surface area contributed by atoms with Crippen molar-refractivity contribution in [1.82, 2.24) is 14.8 Å². The minimum atomic E-state index is -0.0138. The molecule has 1 saturated carbocycles. The predicted molar refractivity (Wildman–Crippen MR) is 53.3 cm³/mol. The number of hydrogen-bond acceptors (Lipinski definition) is 3. The van der Waals surface area contributed by atoms with Crippen molar-refractivity contribution in [2.45, 2.75) is 37.8 Å². The van der Waals surface area contributed by atoms with Crippen molar-refractivity contribution in [3.8, 4) is 0 Å². The molecule has 5 heteroatoms. The van der Waals surface area contributed by atoms with Gasteiger partial charge in [-0.25, -0.2) is 0 Å². The Morgan fingerprint density at radius 1 is 1.57 bits per heavy atom. The van der Waals surface area contributed by atoms with Crippen LogP contribution in [-0.2, 0) is 10.6 Å². The first-order valence-electron chi connectivity index (χ1n) is 4.80. The van der Waals surface area contributed by atoms with Crippen LogP contribution < -0.4 is 0 Å². The summed E-state index contributed by atoms with van der Waals surface area (Å²) in [6.07, 6.45) is 2.39. The van der Waals surface area contributed by atoms with Crippen molar-refractivity contribution in [2.24, 2.45) is 0 Å². The fraction of sp³-hybridized carbons (Fsp3) is 0.778. The molecule has 1 fully saturated rings. The molecule has 0 bridgehead atoms. The van der Waals surface area contributed by atoms with Gasteiger partial charge in [0.1, 0.15) is 11.9 Å². The zero-order chi connectivity index (χ0) is 10.1. The minimum Gasteiger partial charge on any atom is -0.374 e. The van der Waals surface area contributed by atoms with Crippen LogP contribution in [0.3, 0.4) is 0 Å². The van der Waals surface area contributed by atoms with E-state index >= 15 is 0 Å². The molecule has 0 N–H and O–H groups in total. The third-order valence-corrected chi connectivity index (χ3v) is 2.78. The third kappa shape index (κ3) is 1.64. The van der Waals surface area contributed by atoms with Gasteiger partial charge >= 0.3 is 0 Å². The van der Waals surface area contributed by atoms with Gasteiger partial charge in [0, 0.05) is 13.2 Å². The standard InChI is InChI=1S/C9H14ClN3O/c1-6(14-2)9-12-11-8(5-10)13(9)7-3-4-7/h6-7H,3-5H2,1-2H3. The molecule has 1 unspecified atom stereocenters. The van der Waals surface area contributed by atoms with E-state index in [0.29, 0.717) is 11.9 Å². The molecule has 1 aliphatic rings. The summed E-state index contributed by atoms with van der Waals surface area (Å²) < 4.78 is 7.37. The molecule has 1 aromatic rings. The lowest BCUT2D eigenvalue weighted by Gasteiger charge is -2.11. The SMILES string of the molecule is COC(C)c1nnc(CCl)n1C1CC1. The van der Waals surface area contributed by atoms with Crippen molar-refractivity contribution in [2.75, 3.05) is 7.11 Å². The van der Waals surface area contributed by atoms with Gasteiger partial charge in [0.15, 0.2) is 5.82 Å². The van der Waals surface area contributed by atoms with Crippen molar-refractivity contribution in [3.05, 3.63) is 11.6 Å². The van der Waals surface area contributed by atoms with Gasteiger partial charge in [-0.15, -0.1) is 21.8 Å². The van der Waals surface area contributed by atoms with Gasteiger partial charge in [-0.05, 0) is 19.8 Å². The smallest absolute Gasteiger partial charge is 0.162 e. The fourth-order valence-electron chi connectivity index (χ4n) is 1.54. The first-order chi connectivity index (χ1) is 6.77. The zero-order valence-electron chi connectivity index (χ0n) is 8.40. The summed E-state index contributed by atoms with van der Waals surface area (Å²) in [5.74, 6) is 2.17. The number of hydrogen-bond donors (Lipinski definition) is 0. The molecule has 1 aromatic heterocycles. The predicted octanol–water partition coefficient (Wildman–Crippen LogP) is 2.06. The molecule has 4 nitrogen and oxygen atoms in total. The Kier molecular flexibility index (Phi) is 2.74. The largest absolute Gasteiger partial charge is 0.374 e. The number of aromatic nitrogens is 3. The summed E-state index contributed by atoms with van der Waals surface area (Å²) in [4.78, 5) is 0. The maximum Gasteiger partial charge on any atom is 0.162 e. The molecule has 2 rings (SSSR count). The molecule has 1 aliphatic carbocycles. The number of ether oxygens (including phenoxy) is 1. The monoisotopic (exact) mass is 215 g/mol. The van der Waals surface area contributed by atoms with E-state index in [9.17, 15) is 0 Å². The van der Waals surface area contributed by atoms with E-state index in [2.05, 4.69) is 14.8 Å². The second-order valence-corrected chi connectivity index (χ2v) is 3.85. The van der Waals surface area contributed by atoms with E-state index in [1.54, 1.807) is 7.11 Å². The van der Waals surface area contributed by atoms with E-state index in [-0.39, 0.29) is 6.10 Å². The van der Waals surface area contributed by atoms with Gasteiger partial charge in [-0.1, -0.05) is 0 Å². The average molecular weight is 216 g/mol. The van der Waals surface area contributed by atoms with Gasteiger partial charge < -0.3 is 9.30 Å². The van der Waals surface area contributed by atoms with Gasteiger partial charge in [-0.2, -0.15) is 0 Å². The lowest BCUT2D eigenvalue weighted by molar-refractivity contribution is 0.108. The molecule has 1 atom stereocenters. The van der Waals surface area contributed by atoms with Crippen molar-refractivity contribution in [3.63, 3.8) is 0 Å². The maximum atomic E-state index is 5.80. The van der Waals surface area contributed by atoms with Crippen LogP contribution >= 0.6 is 11.6 Å². The Morgan fingerprint density at radius 2 is 2.29 bits per heavy atom. The Hall–Kier alpha value is -0.610. The lowest BCUT2D eigenvalue weighted by Crippen LogP contribution is -2.09. The molecule has 14 heavy (non-hydrogen) atoms. The van der Waals surface area contributed by atoms with E-state index in [1.807, 2.05) is 6.92 Å². The molecule has 0 radical (unpaired) electrons. The molecule has 1 heterocycles. The Morgan fingerprint density at radius 3 is 2.79 bits per heavy atom. The first kappa shape index (κ1) is 9.93. The summed E-state index contributed by atoms with van der Waals surface area (Å²) in [6.45, 7) is 1.97. The maximum absolute atomic E-state index is 5.80. The van der Waals surface area contributed by atoms with Gasteiger partial charge in [-0.3, -0.25) is 0 Å². The molecule has 0 aliphatic heterocycles. The Labute approximate surface area is 88.2 Å². The molecule has 0 spiro atoms. The van der Waals surface area contributed by atoms with E-state index in [1.165, 1.54) is 12.8 Å². The van der Waals surface area contributed by atoms with Crippen LogP contribution in [0, 0.1) is 0 Å². The summed E-state index contributed by atoms with van der Waals surface area (Å²) in [7, 11) is 1.68. The highest BCUT2D eigenvalue weighted by molar-refractivity contribution is 6.16. The highest BCUT2D eigenvalue weighted by atomic mass is 35.5. The number of alkyl halides is 1. The summed E-state index contributed by atoms with van der Waals surface area (Å²) in [5.41, 5.74) is 0. The lowest BCUT2D eigenvalue weighted by atomic mass is 10.3. The highest BCUT2D eigenvalue weighted by Crippen LogP contribution is 2.38. The number of rotatable bonds is 4. The van der Waals surface area contributed by atoms with Crippen LogP contribution in [-0.4, -0.2) is 21.9 Å². The molecule has 78 valence electrons. The topological polar surface area (TPSA) is 39.9 Å². The summed E-state index contributed by atoms with van der Waals surface area (Å²) in [5, 5.41) is 8.19. The van der Waals surface area contributed by atoms with Crippen LogP contribution in [0.2, 0.25) is 0 Å². The Bertz CT molecular complexity index is 322. The van der Waals surface area contributed by atoms with E-state index in [0.717, 1.165) is 11.6 Å². The highest BCUT2D eigenvalue weighted by Gasteiger charge is 2.30. The van der Waals surface area contributed by atoms with Crippen LogP contribution in [0.4, 0.5) is 0 Å². The van der Waals surface area contributed by atoms with Gasteiger partial charge in [0.05, 0.1) is 5.88 Å². The number of methoxy groups -OCH3 is 1. The van der Waals surface area contributed by atoms with Crippen LogP contribution in [0.15, 0.2) is 0 Å². The number of halogens is 1. The Balaban J connectivity index is 2.33. The summed E-state index contributed by atoms with van der Waals surface area (Å²) in [6, 6.07) is 0.548. The van der Waals surface area contributed by atoms with E-state index in [4.69, 9.17) is 16.3 Å². The second-order valence-electron chi connectivity index (χ2n) is 3.59. The van der Waals surface area contributed by atoms with Crippen LogP contribution in [0.25, 0.3) is 0 Å². The summed E-state index contributed by atoms with van der Waals surface area (Å²) >= 11 is 5.80. The molecule has 0 saturated heterocycles. The third-order valence-electron chi connectivity index (χ3n) is 2.54. The van der Waals surface area contributed by atoms with Crippen LogP contribution in [0.1, 0.15) is 43.6 Å². The van der Waals surface area contributed by atoms with Crippen molar-refractivity contribution >= 4 is 11.6 Å². The zero-order valence-corrected chi connectivity index (χ0v) is 9.16. The molecule has 0 aromatic carbocycles. The molecule has 0 amide bonds. The van der Waals surface area contributed by atoms with Crippen molar-refractivity contribution < 1.29 is 4.74 Å². The molecular weight excluding hydrogens is 202 g/mol. The van der Waals surface area contributed by atoms with Crippen molar-refractivity contribution in [1.29, 1.82) is 0 Å². The first-order valence-corrected chi connectivity index (χ1v) is 5.33. The average Bonchev–Trinajstić information content (AvgIpc) is 2.96. The normalized spacial score (nSPS) is 18.5.